The minimum atomic E-state index is 0.0819. The quantitative estimate of drug-likeness (QED) is 0.569. The van der Waals surface area contributed by atoms with E-state index in [-0.39, 0.29) is 5.91 Å². The highest BCUT2D eigenvalue weighted by Crippen LogP contribution is 2.28. The lowest BCUT2D eigenvalue weighted by molar-refractivity contribution is -0.127. The Morgan fingerprint density at radius 1 is 1.19 bits per heavy atom. The van der Waals surface area contributed by atoms with Crippen molar-refractivity contribution < 1.29 is 9.32 Å². The number of hydrogen-bond acceptors (Lipinski definition) is 4. The van der Waals surface area contributed by atoms with Crippen molar-refractivity contribution in [2.24, 2.45) is 0 Å². The summed E-state index contributed by atoms with van der Waals surface area (Å²) in [6, 6.07) is 6.30. The predicted molar refractivity (Wildman–Crippen MR) is 121 cm³/mol. The van der Waals surface area contributed by atoms with Gasteiger partial charge < -0.3 is 14.0 Å². The van der Waals surface area contributed by atoms with Crippen molar-refractivity contribution in [2.75, 3.05) is 13.1 Å². The normalized spacial score (nSPS) is 15.2. The molecule has 3 aromatic rings. The average Bonchev–Trinajstić information content (AvgIpc) is 3.36. The number of piperidine rings is 1. The molecule has 4 rings (SSSR count). The van der Waals surface area contributed by atoms with Gasteiger partial charge in [0, 0.05) is 43.0 Å². The molecule has 0 bridgehead atoms. The van der Waals surface area contributed by atoms with E-state index in [1.165, 1.54) is 11.1 Å². The van der Waals surface area contributed by atoms with Gasteiger partial charge in [-0.05, 0) is 57.7 Å². The maximum Gasteiger partial charge on any atom is 0.246 e. The van der Waals surface area contributed by atoms with Crippen LogP contribution >= 0.6 is 0 Å². The van der Waals surface area contributed by atoms with E-state index in [1.807, 2.05) is 37.2 Å². The lowest BCUT2D eigenvalue weighted by atomic mass is 9.95. The van der Waals surface area contributed by atoms with Gasteiger partial charge in [0.2, 0.25) is 5.91 Å². The van der Waals surface area contributed by atoms with Gasteiger partial charge in [-0.3, -0.25) is 4.79 Å². The van der Waals surface area contributed by atoms with Crippen LogP contribution in [0, 0.1) is 27.7 Å². The number of carbonyl (C=O) groups is 1. The van der Waals surface area contributed by atoms with Gasteiger partial charge in [0.25, 0.3) is 0 Å². The largest absolute Gasteiger partial charge is 0.361 e. The van der Waals surface area contributed by atoms with Crippen molar-refractivity contribution in [2.45, 2.75) is 53.0 Å². The summed E-state index contributed by atoms with van der Waals surface area (Å²) in [5, 5.41) is 4.06. The number of nitrogens with zero attached hydrogens (tertiary/aromatic N) is 4. The molecule has 1 fully saturated rings. The first-order valence-electron chi connectivity index (χ1n) is 10.9. The molecule has 0 unspecified atom stereocenters. The summed E-state index contributed by atoms with van der Waals surface area (Å²) < 4.78 is 7.49. The molecule has 0 aliphatic carbocycles. The van der Waals surface area contributed by atoms with E-state index in [9.17, 15) is 4.79 Å². The van der Waals surface area contributed by atoms with Gasteiger partial charge in [-0.15, -0.1) is 0 Å². The third-order valence-electron chi connectivity index (χ3n) is 6.27. The summed E-state index contributed by atoms with van der Waals surface area (Å²) in [5.41, 5.74) is 5.52. The molecule has 0 saturated carbocycles. The Morgan fingerprint density at radius 3 is 2.68 bits per heavy atom. The number of rotatable bonds is 5. The third-order valence-corrected chi connectivity index (χ3v) is 6.27. The van der Waals surface area contributed by atoms with Gasteiger partial charge in [0.05, 0.1) is 12.2 Å². The summed E-state index contributed by atoms with van der Waals surface area (Å²) in [6.07, 6.45) is 9.36. The van der Waals surface area contributed by atoms with E-state index in [2.05, 4.69) is 46.8 Å². The van der Waals surface area contributed by atoms with Gasteiger partial charge in [0.1, 0.15) is 11.6 Å². The summed E-state index contributed by atoms with van der Waals surface area (Å²) in [5.74, 6) is 2.37. The molecule has 1 amide bonds. The van der Waals surface area contributed by atoms with Crippen LogP contribution in [-0.4, -0.2) is 38.6 Å². The van der Waals surface area contributed by atoms with Gasteiger partial charge in [-0.25, -0.2) is 4.98 Å². The van der Waals surface area contributed by atoms with E-state index in [1.54, 1.807) is 6.08 Å². The molecule has 0 atom stereocenters. The van der Waals surface area contributed by atoms with Crippen LogP contribution in [0.2, 0.25) is 0 Å². The first-order chi connectivity index (χ1) is 14.9. The van der Waals surface area contributed by atoms with Crippen LogP contribution in [0.5, 0.6) is 0 Å². The van der Waals surface area contributed by atoms with Crippen molar-refractivity contribution in [3.8, 4) is 0 Å². The molecule has 1 aliphatic rings. The highest BCUT2D eigenvalue weighted by atomic mass is 16.5. The van der Waals surface area contributed by atoms with Crippen molar-refractivity contribution in [1.82, 2.24) is 19.6 Å². The lowest BCUT2D eigenvalue weighted by Gasteiger charge is -2.31. The summed E-state index contributed by atoms with van der Waals surface area (Å²) in [7, 11) is 0. The number of amides is 1. The van der Waals surface area contributed by atoms with Crippen molar-refractivity contribution >= 4 is 12.0 Å². The van der Waals surface area contributed by atoms with E-state index >= 15 is 0 Å². The fraction of sp³-hybridized carbons (Fsp3) is 0.400. The summed E-state index contributed by atoms with van der Waals surface area (Å²) >= 11 is 0. The molecule has 3 heterocycles. The molecule has 2 aromatic heterocycles. The number of aryl methyl sites for hydroxylation is 4. The topological polar surface area (TPSA) is 64.2 Å². The standard InChI is InChI=1S/C25H30N4O2/c1-17-5-6-18(2)22(15-17)7-8-24(30)28-12-9-21(10-13-28)25-26-11-14-29(25)16-23-19(3)27-31-20(23)4/h5-8,11,14-15,21H,9-10,12-13,16H2,1-4H3. The Kier molecular flexibility index (Phi) is 6.07. The van der Waals surface area contributed by atoms with Crippen LogP contribution in [0.3, 0.4) is 0 Å². The van der Waals surface area contributed by atoms with Crippen molar-refractivity contribution in [1.29, 1.82) is 0 Å². The highest BCUT2D eigenvalue weighted by molar-refractivity contribution is 5.92. The molecule has 1 aromatic carbocycles. The van der Waals surface area contributed by atoms with Crippen LogP contribution in [0.15, 0.2) is 41.2 Å². The van der Waals surface area contributed by atoms with Gasteiger partial charge in [-0.1, -0.05) is 28.9 Å². The van der Waals surface area contributed by atoms with Crippen molar-refractivity contribution in [3.63, 3.8) is 0 Å². The zero-order valence-electron chi connectivity index (χ0n) is 18.8. The van der Waals surface area contributed by atoms with E-state index in [0.29, 0.717) is 12.5 Å². The molecule has 1 aliphatic heterocycles. The fourth-order valence-corrected chi connectivity index (χ4v) is 4.28. The van der Waals surface area contributed by atoms with Crippen LogP contribution in [-0.2, 0) is 11.3 Å². The molecule has 0 spiro atoms. The predicted octanol–water partition coefficient (Wildman–Crippen LogP) is 4.57. The smallest absolute Gasteiger partial charge is 0.246 e. The molecule has 1 saturated heterocycles. The second-order valence-corrected chi connectivity index (χ2v) is 8.51. The number of hydrogen-bond donors (Lipinski definition) is 0. The summed E-state index contributed by atoms with van der Waals surface area (Å²) in [6.45, 7) is 10.3. The van der Waals surface area contributed by atoms with E-state index in [4.69, 9.17) is 4.52 Å². The van der Waals surface area contributed by atoms with Crippen LogP contribution in [0.1, 0.15) is 58.3 Å². The molecule has 0 radical (unpaired) electrons. The minimum absolute atomic E-state index is 0.0819. The molecule has 31 heavy (non-hydrogen) atoms. The van der Waals surface area contributed by atoms with Crippen LogP contribution in [0.25, 0.3) is 6.08 Å². The zero-order chi connectivity index (χ0) is 22.0. The Bertz CT molecular complexity index is 1080. The maximum atomic E-state index is 12.7. The first-order valence-corrected chi connectivity index (χ1v) is 10.9. The van der Waals surface area contributed by atoms with Crippen LogP contribution in [0.4, 0.5) is 0 Å². The Morgan fingerprint density at radius 2 is 1.97 bits per heavy atom. The van der Waals surface area contributed by atoms with Crippen molar-refractivity contribution in [3.05, 3.63) is 76.2 Å². The first kappa shape index (κ1) is 21.1. The minimum Gasteiger partial charge on any atom is -0.361 e. The lowest BCUT2D eigenvalue weighted by Crippen LogP contribution is -2.37. The Hall–Kier alpha value is -3.15. The van der Waals surface area contributed by atoms with E-state index < -0.39 is 0 Å². The van der Waals surface area contributed by atoms with Crippen LogP contribution < -0.4 is 0 Å². The second kappa shape index (κ2) is 8.92. The molecule has 0 N–H and O–H groups in total. The average molecular weight is 419 g/mol. The number of imidazole rings is 1. The number of carbonyl (C=O) groups excluding carboxylic acids is 1. The zero-order valence-corrected chi connectivity index (χ0v) is 18.8. The van der Waals surface area contributed by atoms with Gasteiger partial charge in [0.15, 0.2) is 0 Å². The molecule has 6 nitrogen and oxygen atoms in total. The maximum absolute atomic E-state index is 12.7. The number of likely N-dealkylation sites (tertiary alicyclic amines) is 1. The molecular weight excluding hydrogens is 388 g/mol. The third kappa shape index (κ3) is 4.63. The number of aromatic nitrogens is 3. The molecular formula is C25H30N4O2. The van der Waals surface area contributed by atoms with E-state index in [0.717, 1.165) is 54.3 Å². The van der Waals surface area contributed by atoms with Gasteiger partial charge in [-0.2, -0.15) is 0 Å². The highest BCUT2D eigenvalue weighted by Gasteiger charge is 2.26. The second-order valence-electron chi connectivity index (χ2n) is 8.51. The SMILES string of the molecule is Cc1ccc(C)c(C=CC(=O)N2CCC(c3nccn3Cc3c(C)noc3C)CC2)c1. The fourth-order valence-electron chi connectivity index (χ4n) is 4.28. The molecule has 162 valence electrons. The Labute approximate surface area is 183 Å². The van der Waals surface area contributed by atoms with Gasteiger partial charge >= 0.3 is 0 Å². The summed E-state index contributed by atoms with van der Waals surface area (Å²) in [4.78, 5) is 19.3. The number of benzene rings is 1. The molecule has 6 heteroatoms. The Balaban J connectivity index is 1.38. The monoisotopic (exact) mass is 418 g/mol.